The number of carboxylic acid groups (broad SMARTS) is 6. The Hall–Kier alpha value is -9.87. The second kappa shape index (κ2) is 39.1. The molecule has 4 amide bonds. The van der Waals surface area contributed by atoms with Gasteiger partial charge in [-0.1, -0.05) is 20.8 Å². The van der Waals surface area contributed by atoms with Crippen LogP contribution < -0.4 is 37.7 Å². The largest absolute Gasteiger partial charge is 0.480 e. The summed E-state index contributed by atoms with van der Waals surface area (Å²) in [5, 5.41) is 62.5. The first-order chi connectivity index (χ1) is 47.3. The zero-order valence-electron chi connectivity index (χ0n) is 57.8. The molecule has 1 atom stereocenters. The average Bonchev–Trinajstić information content (AvgIpc) is 1.62. The number of hydrogen-bond donors (Lipinski definition) is 13. The van der Waals surface area contributed by atoms with E-state index in [0.717, 1.165) is 57.9 Å². The predicted molar refractivity (Wildman–Crippen MR) is 362 cm³/mol. The first kappa shape index (κ1) is 80.8. The van der Waals surface area contributed by atoms with E-state index in [1.54, 1.807) is 13.8 Å². The van der Waals surface area contributed by atoms with Crippen LogP contribution in [0, 0.1) is 19.3 Å². The van der Waals surface area contributed by atoms with Crippen LogP contribution in [0.1, 0.15) is 101 Å². The lowest BCUT2D eigenvalue weighted by Gasteiger charge is -2.27. The number of nitrogens with zero attached hydrogens (tertiary/aromatic N) is 7. The molecule has 8 bridgehead atoms. The van der Waals surface area contributed by atoms with Crippen molar-refractivity contribution in [1.82, 2.24) is 66.4 Å². The van der Waals surface area contributed by atoms with Gasteiger partial charge in [-0.25, -0.2) is 4.99 Å². The number of aliphatic imine (C=N–C) groups is 1. The highest BCUT2D eigenvalue weighted by atomic mass is 16.5. The number of amides is 4. The number of esters is 2. The van der Waals surface area contributed by atoms with E-state index >= 15 is 0 Å². The summed E-state index contributed by atoms with van der Waals surface area (Å²) >= 11 is 0. The molecule has 0 saturated heterocycles. The van der Waals surface area contributed by atoms with E-state index in [0.29, 0.717) is 33.2 Å². The number of hydrazine groups is 2. The summed E-state index contributed by atoms with van der Waals surface area (Å²) in [5.74, 6) is -11.8. The lowest BCUT2D eigenvalue weighted by molar-refractivity contribution is -0.148. The fraction of sp³-hybridized carbons (Fsp3) is 0.530. The second-order valence-corrected chi connectivity index (χ2v) is 24.5. The van der Waals surface area contributed by atoms with Gasteiger partial charge in [-0.15, -0.1) is 0 Å². The average molecular weight is 1400 g/mol. The molecule has 0 spiro atoms. The molecule has 34 heteroatoms. The number of fused-ring (bicyclic) bond motifs is 7. The van der Waals surface area contributed by atoms with Gasteiger partial charge in [0.05, 0.1) is 90.1 Å². The zero-order chi connectivity index (χ0) is 74.0. The van der Waals surface area contributed by atoms with Gasteiger partial charge in [-0.05, 0) is 124 Å². The molecule has 0 aliphatic carbocycles. The van der Waals surface area contributed by atoms with Crippen molar-refractivity contribution >= 4 is 101 Å². The van der Waals surface area contributed by atoms with Crippen LogP contribution in [0.3, 0.4) is 0 Å². The van der Waals surface area contributed by atoms with Gasteiger partial charge in [-0.3, -0.25) is 109 Å². The monoisotopic (exact) mass is 1400 g/mol. The predicted octanol–water partition coefficient (Wildman–Crippen LogP) is -1.39. The number of allylic oxidation sites excluding steroid dienone is 4. The highest BCUT2D eigenvalue weighted by Crippen LogP contribution is 2.40. The quantitative estimate of drug-likeness (QED) is 0.0269. The Bertz CT molecular complexity index is 3680. The maximum atomic E-state index is 13.7. The van der Waals surface area contributed by atoms with E-state index < -0.39 is 124 Å². The third-order valence-corrected chi connectivity index (χ3v) is 16.9. The van der Waals surface area contributed by atoms with Crippen LogP contribution in [0.2, 0.25) is 0 Å². The Kier molecular flexibility index (Phi) is 31.6. The summed E-state index contributed by atoms with van der Waals surface area (Å²) < 4.78 is 9.86. The Morgan fingerprint density at radius 1 is 0.470 bits per heavy atom. The third-order valence-electron chi connectivity index (χ3n) is 16.9. The van der Waals surface area contributed by atoms with Gasteiger partial charge in [0.2, 0.25) is 11.8 Å². The number of hydrogen-bond acceptors (Lipinski definition) is 22. The Morgan fingerprint density at radius 3 is 1.32 bits per heavy atom. The van der Waals surface area contributed by atoms with Gasteiger partial charge in [-0.2, -0.15) is 0 Å². The molecular weight excluding hydrogens is 1310 g/mol. The van der Waals surface area contributed by atoms with Gasteiger partial charge < -0.3 is 55.4 Å². The lowest BCUT2D eigenvalue weighted by atomic mass is 9.85. The molecule has 548 valence electrons. The van der Waals surface area contributed by atoms with Gasteiger partial charge in [0.1, 0.15) is 0 Å². The van der Waals surface area contributed by atoms with Crippen LogP contribution in [0.4, 0.5) is 0 Å². The maximum absolute atomic E-state index is 13.7. The smallest absolute Gasteiger partial charge is 0.320 e. The van der Waals surface area contributed by atoms with Gasteiger partial charge in [0.25, 0.3) is 11.8 Å². The molecule has 0 fully saturated rings. The third kappa shape index (κ3) is 26.1. The van der Waals surface area contributed by atoms with Gasteiger partial charge >= 0.3 is 47.8 Å². The van der Waals surface area contributed by atoms with E-state index in [1.165, 1.54) is 29.4 Å². The molecule has 1 unspecified atom stereocenters. The van der Waals surface area contributed by atoms with Crippen molar-refractivity contribution < 1.29 is 97.6 Å². The van der Waals surface area contributed by atoms with Crippen molar-refractivity contribution in [1.29, 1.82) is 0 Å². The van der Waals surface area contributed by atoms with Crippen LogP contribution in [-0.4, -0.2) is 278 Å². The molecule has 13 N–H and O–H groups in total. The lowest BCUT2D eigenvalue weighted by Crippen LogP contribution is -2.49. The van der Waals surface area contributed by atoms with Crippen LogP contribution in [0.15, 0.2) is 39.3 Å². The number of carbonyl (C=O) groups excluding carboxylic acids is 6. The molecule has 34 nitrogen and oxygen atoms in total. The Balaban J connectivity index is 1.36. The van der Waals surface area contributed by atoms with Crippen molar-refractivity contribution in [3.8, 4) is 0 Å². The minimum atomic E-state index is -1.31. The van der Waals surface area contributed by atoms with E-state index in [1.807, 2.05) is 39.0 Å². The normalized spacial score (nSPS) is 16.5. The van der Waals surface area contributed by atoms with E-state index in [-0.39, 0.29) is 110 Å². The van der Waals surface area contributed by atoms with Crippen molar-refractivity contribution in [2.75, 3.05) is 131 Å². The highest BCUT2D eigenvalue weighted by Gasteiger charge is 2.33. The first-order valence-corrected chi connectivity index (χ1v) is 32.8. The van der Waals surface area contributed by atoms with Crippen LogP contribution in [0.25, 0.3) is 24.3 Å². The highest BCUT2D eigenvalue weighted by molar-refractivity contribution is 6.23. The molecular formula is C66H94N14O20. The number of aromatic amines is 2. The Labute approximate surface area is 577 Å². The molecule has 0 saturated carbocycles. The van der Waals surface area contributed by atoms with Gasteiger partial charge in [0, 0.05) is 104 Å². The maximum Gasteiger partial charge on any atom is 0.320 e. The minimum Gasteiger partial charge on any atom is -0.480 e. The molecule has 0 radical (unpaired) electrons. The molecule has 5 heterocycles. The molecule has 5 rings (SSSR count). The number of rotatable bonds is 42. The SMILES string of the molecule is CCOC(=O)CN(CCN(CCN(CC(=O)O)CC(=O)NNC(=O)CCC1=C(C)/C2=C/c3[nH]c(c(CC)c3C)/C=C3\NC(=CC3(C)CC)/C=c3\[nH]/c(c(CCC(=O)NNC(=O)CN(CCN(CCN(CC(=O)O)CC(=O)OCC)CC(=O)O)CC(=O)O)c3C)=C\C1=N2)CC(=O)O)CC(=O)O. The van der Waals surface area contributed by atoms with Gasteiger partial charge in [0.15, 0.2) is 0 Å². The van der Waals surface area contributed by atoms with E-state index in [9.17, 15) is 88.2 Å². The topological polar surface area (TPSA) is 468 Å². The number of carboxylic acids is 6. The number of H-pyrrole nitrogens is 2. The molecule has 3 aliphatic rings. The summed E-state index contributed by atoms with van der Waals surface area (Å²) in [6.07, 6.45) is 11.3. The van der Waals surface area contributed by atoms with E-state index in [4.69, 9.17) is 14.5 Å². The standard InChI is InChI=1S/C66H94N14O20/c1-9-44-40(5)48-26-49-42(7)46(14-16-55(82)72-74-57(84)31-78(35-61(91)92)22-18-76(33-59(87)88)20-24-80(37-63(95)96)39-65(98)100-12-4)51(69-49)27-50-45(41(6)47(68-50)25-43-29-66(8,10-2)53(67-43)28-52(44)70-48)13-15-54(81)71-73-56(83)30-77(34-60(89)90)21-17-75(32-58(85)86)19-23-79(36-62(93)94)38-64(97)99-11-3/h25-29,67-68,70H,9-24,30-39H2,1-8H3,(H,71,81)(H,72,82)(H,73,83)(H,74,84)(H,85,86)(H,87,88)(H,89,90)(H,91,92)(H,93,94)(H,95,96)/b47-25-,49-26-,50-27-,53-28-. The number of carbonyl (C=O) groups is 12. The minimum absolute atomic E-state index is 0.0495. The summed E-state index contributed by atoms with van der Waals surface area (Å²) in [4.78, 5) is 169. The number of nitrogens with one attached hydrogen (secondary N) is 7. The van der Waals surface area contributed by atoms with E-state index in [2.05, 4.69) is 69.9 Å². The first-order valence-electron chi connectivity index (χ1n) is 32.8. The summed E-state index contributed by atoms with van der Waals surface area (Å²) in [7, 11) is 0. The number of aromatic nitrogens is 2. The fourth-order valence-corrected chi connectivity index (χ4v) is 11.6. The van der Waals surface area contributed by atoms with Crippen molar-refractivity contribution in [3.05, 3.63) is 78.7 Å². The summed E-state index contributed by atoms with van der Waals surface area (Å²) in [5.41, 5.74) is 18.6. The summed E-state index contributed by atoms with van der Waals surface area (Å²) in [6.45, 7) is 9.42. The molecule has 2 aromatic rings. The van der Waals surface area contributed by atoms with Crippen LogP contribution in [0.5, 0.6) is 0 Å². The molecule has 100 heavy (non-hydrogen) atoms. The van der Waals surface area contributed by atoms with Crippen molar-refractivity contribution in [2.45, 2.75) is 93.9 Å². The zero-order valence-corrected chi connectivity index (χ0v) is 57.8. The number of aliphatic carboxylic acids is 6. The fourth-order valence-electron chi connectivity index (χ4n) is 11.6. The second-order valence-electron chi connectivity index (χ2n) is 24.5. The van der Waals surface area contributed by atoms with Crippen molar-refractivity contribution in [2.24, 2.45) is 10.4 Å². The summed E-state index contributed by atoms with van der Waals surface area (Å²) in [6, 6.07) is 0. The molecule has 0 aromatic carbocycles. The van der Waals surface area contributed by atoms with Crippen molar-refractivity contribution in [3.63, 3.8) is 0 Å². The Morgan fingerprint density at radius 2 is 0.890 bits per heavy atom. The van der Waals surface area contributed by atoms with Crippen LogP contribution >= 0.6 is 0 Å². The molecule has 2 aromatic heterocycles. The number of ether oxygens (including phenoxy) is 2. The molecule has 3 aliphatic heterocycles. The van der Waals surface area contributed by atoms with Crippen LogP contribution in [-0.2, 0) is 79.8 Å².